The highest BCUT2D eigenvalue weighted by Gasteiger charge is 2.20. The normalized spacial score (nSPS) is 11.2. The number of carbonyl (C=O) groups excluding carboxylic acids is 1. The van der Waals surface area contributed by atoms with Crippen molar-refractivity contribution in [2.75, 3.05) is 19.0 Å². The molecule has 7 heteroatoms. The van der Waals surface area contributed by atoms with Crippen molar-refractivity contribution < 1.29 is 9.53 Å². The van der Waals surface area contributed by atoms with Crippen molar-refractivity contribution >= 4 is 39.7 Å². The van der Waals surface area contributed by atoms with Crippen LogP contribution in [0.3, 0.4) is 0 Å². The molecule has 3 aromatic carbocycles. The van der Waals surface area contributed by atoms with Gasteiger partial charge in [-0.2, -0.15) is 5.26 Å². The fourth-order valence-corrected chi connectivity index (χ4v) is 3.32. The smallest absolute Gasteiger partial charge is 0.243 e. The second kappa shape index (κ2) is 10.2. The van der Waals surface area contributed by atoms with Gasteiger partial charge >= 0.3 is 0 Å². The van der Waals surface area contributed by atoms with Gasteiger partial charge in [0, 0.05) is 12.1 Å². The monoisotopic (exact) mass is 418 g/mol. The highest BCUT2D eigenvalue weighted by Crippen LogP contribution is 2.17. The second-order valence-electron chi connectivity index (χ2n) is 6.64. The molecule has 1 unspecified atom stereocenters. The predicted molar refractivity (Wildman–Crippen MR) is 122 cm³/mol. The fraction of sp³-hybridized carbons (Fsp3) is 0.174. The number of amides is 1. The van der Waals surface area contributed by atoms with E-state index >= 15 is 0 Å². The molecule has 6 nitrogen and oxygen atoms in total. The molecule has 30 heavy (non-hydrogen) atoms. The van der Waals surface area contributed by atoms with E-state index in [9.17, 15) is 4.79 Å². The third-order valence-electron chi connectivity index (χ3n) is 4.57. The van der Waals surface area contributed by atoms with Crippen LogP contribution in [-0.4, -0.2) is 30.7 Å². The van der Waals surface area contributed by atoms with E-state index in [2.05, 4.69) is 22.0 Å². The molecule has 0 heterocycles. The number of thiocarbonyl (C=S) groups is 1. The van der Waals surface area contributed by atoms with Crippen LogP contribution in [0, 0.1) is 11.3 Å². The van der Waals surface area contributed by atoms with Gasteiger partial charge in [0.15, 0.2) is 5.11 Å². The number of benzene rings is 3. The van der Waals surface area contributed by atoms with E-state index in [1.165, 1.54) is 0 Å². The highest BCUT2D eigenvalue weighted by molar-refractivity contribution is 7.80. The summed E-state index contributed by atoms with van der Waals surface area (Å²) in [4.78, 5) is 12.6. The van der Waals surface area contributed by atoms with Crippen LogP contribution in [0.15, 0.2) is 66.7 Å². The Hall–Kier alpha value is -3.63. The van der Waals surface area contributed by atoms with Gasteiger partial charge in [-0.25, -0.2) is 0 Å². The van der Waals surface area contributed by atoms with Crippen molar-refractivity contribution in [3.05, 3.63) is 72.3 Å². The lowest BCUT2D eigenvalue weighted by molar-refractivity contribution is -0.122. The molecule has 3 rings (SSSR count). The Morgan fingerprint density at radius 3 is 2.53 bits per heavy atom. The van der Waals surface area contributed by atoms with Crippen molar-refractivity contribution in [1.29, 1.82) is 5.26 Å². The van der Waals surface area contributed by atoms with Crippen LogP contribution >= 0.6 is 12.2 Å². The Bertz CT molecular complexity index is 1080. The third kappa shape index (κ3) is 5.69. The third-order valence-corrected chi connectivity index (χ3v) is 4.78. The molecule has 0 saturated carbocycles. The maximum atomic E-state index is 12.6. The minimum atomic E-state index is -0.627. The average Bonchev–Trinajstić information content (AvgIpc) is 2.77. The van der Waals surface area contributed by atoms with Crippen LogP contribution in [0.5, 0.6) is 5.75 Å². The summed E-state index contributed by atoms with van der Waals surface area (Å²) in [6.45, 7) is -0.0621. The molecule has 3 N–H and O–H groups in total. The van der Waals surface area contributed by atoms with E-state index in [1.807, 2.05) is 66.7 Å². The largest absolute Gasteiger partial charge is 0.497 e. The summed E-state index contributed by atoms with van der Waals surface area (Å²) >= 11 is 5.40. The lowest BCUT2D eigenvalue weighted by Crippen LogP contribution is -2.49. The first-order valence-electron chi connectivity index (χ1n) is 9.43. The zero-order valence-corrected chi connectivity index (χ0v) is 17.3. The van der Waals surface area contributed by atoms with Gasteiger partial charge in [0.2, 0.25) is 5.91 Å². The van der Waals surface area contributed by atoms with Crippen molar-refractivity contribution in [3.8, 4) is 11.8 Å². The molecular weight excluding hydrogens is 396 g/mol. The fourth-order valence-electron chi connectivity index (χ4n) is 3.06. The number of hydrogen-bond acceptors (Lipinski definition) is 4. The van der Waals surface area contributed by atoms with Crippen LogP contribution in [0.2, 0.25) is 0 Å². The molecule has 1 amide bonds. The minimum Gasteiger partial charge on any atom is -0.497 e. The van der Waals surface area contributed by atoms with E-state index in [-0.39, 0.29) is 12.5 Å². The quantitative estimate of drug-likeness (QED) is 0.403. The molecule has 152 valence electrons. The molecule has 0 bridgehead atoms. The lowest BCUT2D eigenvalue weighted by atomic mass is 10.0. The summed E-state index contributed by atoms with van der Waals surface area (Å²) in [5.74, 6) is 0.452. The molecule has 0 aromatic heterocycles. The summed E-state index contributed by atoms with van der Waals surface area (Å²) in [6.07, 6.45) is 0.423. The Balaban J connectivity index is 1.72. The molecular formula is C23H22N4O2S. The van der Waals surface area contributed by atoms with Gasteiger partial charge in [-0.3, -0.25) is 4.79 Å². The van der Waals surface area contributed by atoms with E-state index in [1.54, 1.807) is 7.11 Å². The van der Waals surface area contributed by atoms with Crippen molar-refractivity contribution in [2.45, 2.75) is 12.5 Å². The summed E-state index contributed by atoms with van der Waals surface area (Å²) in [5.41, 5.74) is 1.76. The zero-order valence-electron chi connectivity index (χ0n) is 16.5. The predicted octanol–water partition coefficient (Wildman–Crippen LogP) is 3.39. The summed E-state index contributed by atoms with van der Waals surface area (Å²) < 4.78 is 5.15. The molecule has 0 radical (unpaired) electrons. The zero-order chi connectivity index (χ0) is 21.3. The molecule has 0 aliphatic heterocycles. The average molecular weight is 419 g/mol. The van der Waals surface area contributed by atoms with Gasteiger partial charge in [0.05, 0.1) is 13.2 Å². The molecule has 0 aliphatic carbocycles. The number of methoxy groups -OCH3 is 1. The first-order valence-corrected chi connectivity index (χ1v) is 9.84. The van der Waals surface area contributed by atoms with Crippen molar-refractivity contribution in [2.24, 2.45) is 0 Å². The van der Waals surface area contributed by atoms with Crippen LogP contribution in [0.25, 0.3) is 10.8 Å². The summed E-state index contributed by atoms with van der Waals surface area (Å²) in [7, 11) is 1.60. The molecule has 3 aromatic rings. The van der Waals surface area contributed by atoms with Gasteiger partial charge < -0.3 is 20.7 Å². The topological polar surface area (TPSA) is 86.2 Å². The lowest BCUT2D eigenvalue weighted by Gasteiger charge is -2.20. The van der Waals surface area contributed by atoms with Gasteiger partial charge in [0.1, 0.15) is 18.3 Å². The van der Waals surface area contributed by atoms with Gasteiger partial charge in [-0.1, -0.05) is 42.5 Å². The Labute approximate surface area is 180 Å². The Morgan fingerprint density at radius 2 is 1.83 bits per heavy atom. The van der Waals surface area contributed by atoms with Crippen LogP contribution in [-0.2, 0) is 11.2 Å². The standard InChI is InChI=1S/C23H22N4O2S/c1-29-20-10-8-19(9-11-20)26-23(30)27-21(22(28)25-13-12-24)15-16-6-7-17-4-2-3-5-18(17)14-16/h2-11,14,21H,13,15H2,1H3,(H,25,28)(H2,26,27,30). The molecule has 1 atom stereocenters. The Kier molecular flexibility index (Phi) is 7.19. The maximum Gasteiger partial charge on any atom is 0.243 e. The van der Waals surface area contributed by atoms with E-state index in [0.717, 1.165) is 27.8 Å². The van der Waals surface area contributed by atoms with E-state index < -0.39 is 6.04 Å². The summed E-state index contributed by atoms with van der Waals surface area (Å²) in [5, 5.41) is 20.1. The number of carbonyl (C=O) groups is 1. The number of hydrogen-bond donors (Lipinski definition) is 3. The van der Waals surface area contributed by atoms with Crippen molar-refractivity contribution in [3.63, 3.8) is 0 Å². The number of nitrogens with zero attached hydrogens (tertiary/aromatic N) is 1. The van der Waals surface area contributed by atoms with Crippen LogP contribution < -0.4 is 20.7 Å². The van der Waals surface area contributed by atoms with E-state index in [4.69, 9.17) is 22.2 Å². The SMILES string of the molecule is COc1ccc(NC(=S)NC(Cc2ccc3ccccc3c2)C(=O)NCC#N)cc1. The molecule has 0 saturated heterocycles. The summed E-state index contributed by atoms with van der Waals surface area (Å²) in [6, 6.07) is 22.7. The second-order valence-corrected chi connectivity index (χ2v) is 7.05. The Morgan fingerprint density at radius 1 is 1.10 bits per heavy atom. The number of nitriles is 1. The number of nitrogens with one attached hydrogen (secondary N) is 3. The first kappa shape index (κ1) is 21.1. The van der Waals surface area contributed by atoms with Crippen LogP contribution in [0.4, 0.5) is 5.69 Å². The first-order chi connectivity index (χ1) is 14.6. The highest BCUT2D eigenvalue weighted by atomic mass is 32.1. The molecule has 0 aliphatic rings. The number of rotatable bonds is 7. The van der Waals surface area contributed by atoms with Gasteiger partial charge in [-0.05, 0) is 52.8 Å². The van der Waals surface area contributed by atoms with E-state index in [0.29, 0.717) is 11.5 Å². The molecule has 0 fully saturated rings. The number of fused-ring (bicyclic) bond motifs is 1. The maximum absolute atomic E-state index is 12.6. The van der Waals surface area contributed by atoms with Gasteiger partial charge in [-0.15, -0.1) is 0 Å². The molecule has 0 spiro atoms. The van der Waals surface area contributed by atoms with Crippen LogP contribution in [0.1, 0.15) is 5.56 Å². The van der Waals surface area contributed by atoms with Crippen molar-refractivity contribution in [1.82, 2.24) is 10.6 Å². The number of anilines is 1. The van der Waals surface area contributed by atoms with Gasteiger partial charge in [0.25, 0.3) is 0 Å². The minimum absolute atomic E-state index is 0.0621. The number of ether oxygens (including phenoxy) is 1.